The predicted molar refractivity (Wildman–Crippen MR) is 88.0 cm³/mol. The summed E-state index contributed by atoms with van der Waals surface area (Å²) in [5, 5.41) is 6.13. The molecule has 0 saturated carbocycles. The molecule has 0 unspecified atom stereocenters. The minimum Gasteiger partial charge on any atom is -0.486 e. The molecule has 0 fully saturated rings. The van der Waals surface area contributed by atoms with E-state index in [2.05, 4.69) is 10.1 Å². The third-order valence-electron chi connectivity index (χ3n) is 3.17. The van der Waals surface area contributed by atoms with Gasteiger partial charge in [0.1, 0.15) is 35.4 Å². The lowest BCUT2D eigenvalue weighted by Gasteiger charge is -2.03. The quantitative estimate of drug-likeness (QED) is 0.635. The fourth-order valence-electron chi connectivity index (χ4n) is 1.95. The van der Waals surface area contributed by atoms with Crippen molar-refractivity contribution in [3.05, 3.63) is 63.4 Å². The molecule has 24 heavy (non-hydrogen) atoms. The molecule has 1 aromatic carbocycles. The summed E-state index contributed by atoms with van der Waals surface area (Å²) in [4.78, 5) is 16.2. The molecule has 7 heteroatoms. The van der Waals surface area contributed by atoms with Gasteiger partial charge in [-0.15, -0.1) is 11.3 Å². The van der Waals surface area contributed by atoms with E-state index in [0.29, 0.717) is 23.1 Å². The smallest absolute Gasteiger partial charge is 0.358 e. The Balaban J connectivity index is 1.52. The van der Waals surface area contributed by atoms with E-state index < -0.39 is 5.97 Å². The number of ether oxygens (including phenoxy) is 2. The molecule has 0 spiro atoms. The number of aromatic nitrogens is 2. The molecule has 6 nitrogen and oxygen atoms in total. The van der Waals surface area contributed by atoms with Crippen molar-refractivity contribution in [1.29, 1.82) is 0 Å². The van der Waals surface area contributed by atoms with E-state index >= 15 is 0 Å². The number of carbonyl (C=O) groups excluding carboxylic acids is 1. The molecule has 2 aromatic heterocycles. The monoisotopic (exact) mass is 344 g/mol. The van der Waals surface area contributed by atoms with Gasteiger partial charge in [-0.25, -0.2) is 9.78 Å². The van der Waals surface area contributed by atoms with E-state index in [0.717, 1.165) is 5.75 Å². The summed E-state index contributed by atoms with van der Waals surface area (Å²) in [6.07, 6.45) is 0. The van der Waals surface area contributed by atoms with Crippen LogP contribution >= 0.6 is 11.3 Å². The Kier molecular flexibility index (Phi) is 4.90. The molecular weight excluding hydrogens is 328 g/mol. The topological polar surface area (TPSA) is 74.5 Å². The van der Waals surface area contributed by atoms with Crippen molar-refractivity contribution in [2.24, 2.45) is 0 Å². The number of nitrogens with zero attached hydrogens (tertiary/aromatic N) is 2. The van der Waals surface area contributed by atoms with Crippen molar-refractivity contribution >= 4 is 17.3 Å². The van der Waals surface area contributed by atoms with E-state index in [-0.39, 0.29) is 12.3 Å². The van der Waals surface area contributed by atoms with E-state index in [9.17, 15) is 4.79 Å². The first-order chi connectivity index (χ1) is 11.6. The van der Waals surface area contributed by atoms with E-state index in [1.54, 1.807) is 18.4 Å². The van der Waals surface area contributed by atoms with Gasteiger partial charge in [0.2, 0.25) is 0 Å². The second kappa shape index (κ2) is 7.27. The molecule has 0 aliphatic heterocycles. The maximum atomic E-state index is 12.0. The Morgan fingerprint density at radius 1 is 1.21 bits per heavy atom. The van der Waals surface area contributed by atoms with Crippen LogP contribution in [0, 0.1) is 13.8 Å². The van der Waals surface area contributed by atoms with Crippen molar-refractivity contribution < 1.29 is 18.8 Å². The molecule has 0 radical (unpaired) electrons. The highest BCUT2D eigenvalue weighted by Gasteiger charge is 2.14. The summed E-state index contributed by atoms with van der Waals surface area (Å²) >= 11 is 1.35. The maximum Gasteiger partial charge on any atom is 0.358 e. The van der Waals surface area contributed by atoms with Gasteiger partial charge in [0.25, 0.3) is 0 Å². The van der Waals surface area contributed by atoms with Crippen LogP contribution in [0.3, 0.4) is 0 Å². The number of hydrogen-bond donors (Lipinski definition) is 0. The highest BCUT2D eigenvalue weighted by molar-refractivity contribution is 7.09. The summed E-state index contributed by atoms with van der Waals surface area (Å²) in [6.45, 7) is 4.16. The van der Waals surface area contributed by atoms with Crippen molar-refractivity contribution in [2.75, 3.05) is 0 Å². The van der Waals surface area contributed by atoms with Crippen molar-refractivity contribution in [3.8, 4) is 5.75 Å². The van der Waals surface area contributed by atoms with Gasteiger partial charge in [0.05, 0.1) is 0 Å². The third kappa shape index (κ3) is 4.20. The molecule has 0 aliphatic carbocycles. The van der Waals surface area contributed by atoms with Gasteiger partial charge in [-0.05, 0) is 26.0 Å². The Morgan fingerprint density at radius 3 is 2.71 bits per heavy atom. The lowest BCUT2D eigenvalue weighted by molar-refractivity contribution is 0.0458. The average Bonchev–Trinajstić information content (AvgIpc) is 3.21. The Bertz CT molecular complexity index is 823. The standard InChI is InChI=1S/C17H16N2O4S/c1-11-3-5-14(6-4-11)21-9-16-18-15(10-24-16)17(20)22-8-13-7-12(2)23-19-13/h3-7,10H,8-9H2,1-2H3. The van der Waals surface area contributed by atoms with Crippen molar-refractivity contribution in [2.45, 2.75) is 27.1 Å². The highest BCUT2D eigenvalue weighted by atomic mass is 32.1. The maximum absolute atomic E-state index is 12.0. The van der Waals surface area contributed by atoms with E-state index in [1.165, 1.54) is 16.9 Å². The summed E-state index contributed by atoms with van der Waals surface area (Å²) in [5.41, 5.74) is 2.01. The van der Waals surface area contributed by atoms with Crippen LogP contribution in [0.4, 0.5) is 0 Å². The van der Waals surface area contributed by atoms with Crippen LogP contribution in [-0.4, -0.2) is 16.1 Å². The molecule has 0 atom stereocenters. The SMILES string of the molecule is Cc1ccc(OCc2nc(C(=O)OCc3cc(C)on3)cs2)cc1. The van der Waals surface area contributed by atoms with Gasteiger partial charge in [-0.1, -0.05) is 22.9 Å². The van der Waals surface area contributed by atoms with E-state index in [4.69, 9.17) is 14.0 Å². The largest absolute Gasteiger partial charge is 0.486 e. The third-order valence-corrected chi connectivity index (χ3v) is 3.99. The van der Waals surface area contributed by atoms with Gasteiger partial charge in [-0.2, -0.15) is 0 Å². The fourth-order valence-corrected chi connectivity index (χ4v) is 2.62. The molecule has 0 saturated heterocycles. The first-order valence-corrected chi connectivity index (χ1v) is 8.21. The molecule has 3 rings (SSSR count). The van der Waals surface area contributed by atoms with Gasteiger partial charge >= 0.3 is 5.97 Å². The van der Waals surface area contributed by atoms with Gasteiger partial charge in [0.15, 0.2) is 5.69 Å². The first kappa shape index (κ1) is 16.2. The van der Waals surface area contributed by atoms with Crippen LogP contribution in [-0.2, 0) is 18.0 Å². The Labute approximate surface area is 143 Å². The number of hydrogen-bond acceptors (Lipinski definition) is 7. The van der Waals surface area contributed by atoms with Crippen LogP contribution in [0.15, 0.2) is 40.2 Å². The van der Waals surface area contributed by atoms with Crippen LogP contribution in [0.2, 0.25) is 0 Å². The number of aryl methyl sites for hydroxylation is 2. The Morgan fingerprint density at radius 2 is 2.00 bits per heavy atom. The predicted octanol–water partition coefficient (Wildman–Crippen LogP) is 3.68. The molecule has 3 aromatic rings. The Hall–Kier alpha value is -2.67. The summed E-state index contributed by atoms with van der Waals surface area (Å²) in [5.74, 6) is 0.945. The first-order valence-electron chi connectivity index (χ1n) is 7.33. The zero-order valence-electron chi connectivity index (χ0n) is 13.3. The van der Waals surface area contributed by atoms with Gasteiger partial charge < -0.3 is 14.0 Å². The zero-order valence-corrected chi connectivity index (χ0v) is 14.1. The molecule has 124 valence electrons. The van der Waals surface area contributed by atoms with Crippen LogP contribution in [0.1, 0.15) is 32.5 Å². The van der Waals surface area contributed by atoms with Gasteiger partial charge in [0, 0.05) is 11.4 Å². The highest BCUT2D eigenvalue weighted by Crippen LogP contribution is 2.17. The fraction of sp³-hybridized carbons (Fsp3) is 0.235. The van der Waals surface area contributed by atoms with Gasteiger partial charge in [-0.3, -0.25) is 0 Å². The lowest BCUT2D eigenvalue weighted by atomic mass is 10.2. The molecule has 0 bridgehead atoms. The van der Waals surface area contributed by atoms with Crippen molar-refractivity contribution in [3.63, 3.8) is 0 Å². The summed E-state index contributed by atoms with van der Waals surface area (Å²) in [6, 6.07) is 9.47. The second-order valence-electron chi connectivity index (χ2n) is 5.23. The zero-order chi connectivity index (χ0) is 16.9. The molecule has 2 heterocycles. The summed E-state index contributed by atoms with van der Waals surface area (Å²) in [7, 11) is 0. The van der Waals surface area contributed by atoms with Crippen LogP contribution < -0.4 is 4.74 Å². The van der Waals surface area contributed by atoms with Crippen LogP contribution in [0.5, 0.6) is 5.75 Å². The van der Waals surface area contributed by atoms with Crippen LogP contribution in [0.25, 0.3) is 0 Å². The number of carbonyl (C=O) groups is 1. The average molecular weight is 344 g/mol. The lowest BCUT2D eigenvalue weighted by Crippen LogP contribution is -2.06. The van der Waals surface area contributed by atoms with E-state index in [1.807, 2.05) is 31.2 Å². The molecule has 0 aliphatic rings. The minimum absolute atomic E-state index is 0.0584. The number of benzene rings is 1. The molecule has 0 amide bonds. The molecular formula is C17H16N2O4S. The number of rotatable bonds is 6. The number of thiazole rings is 1. The van der Waals surface area contributed by atoms with Crippen molar-refractivity contribution in [1.82, 2.24) is 10.1 Å². The minimum atomic E-state index is -0.492. The molecule has 0 N–H and O–H groups in total. The summed E-state index contributed by atoms with van der Waals surface area (Å²) < 4.78 is 15.7. The number of esters is 1. The normalized spacial score (nSPS) is 10.6. The second-order valence-corrected chi connectivity index (χ2v) is 6.18.